The number of nitrogens with one attached hydrogen (secondary N) is 1. The Bertz CT molecular complexity index is 737. The second-order valence-electron chi connectivity index (χ2n) is 5.58. The lowest BCUT2D eigenvalue weighted by Gasteiger charge is -2.23. The Hall–Kier alpha value is -1.72. The monoisotopic (exact) mass is 336 g/mol. The number of halogens is 1. The van der Waals surface area contributed by atoms with Gasteiger partial charge in [-0.15, -0.1) is 0 Å². The first-order valence-electron chi connectivity index (χ1n) is 6.77. The summed E-state index contributed by atoms with van der Waals surface area (Å²) in [5.41, 5.74) is 0.687. The zero-order valence-corrected chi connectivity index (χ0v) is 14.4. The van der Waals surface area contributed by atoms with Gasteiger partial charge in [0.25, 0.3) is 0 Å². The number of ketones is 1. The SMILES string of the molecule is CC(=O)c1sc(NC(=O)C(C)(C)c2cccc(Cl)c2)nc1C. The van der Waals surface area contributed by atoms with Crippen molar-refractivity contribution in [1.82, 2.24) is 4.98 Å². The molecule has 0 spiro atoms. The summed E-state index contributed by atoms with van der Waals surface area (Å²) < 4.78 is 0. The molecule has 2 rings (SSSR count). The lowest BCUT2D eigenvalue weighted by Crippen LogP contribution is -2.34. The fraction of sp³-hybridized carbons (Fsp3) is 0.312. The van der Waals surface area contributed by atoms with Crippen LogP contribution in [0.25, 0.3) is 0 Å². The van der Waals surface area contributed by atoms with Gasteiger partial charge in [0.2, 0.25) is 5.91 Å². The molecule has 0 saturated carbocycles. The highest BCUT2D eigenvalue weighted by molar-refractivity contribution is 7.17. The third-order valence-corrected chi connectivity index (χ3v) is 4.86. The standard InChI is InChI=1S/C16H17ClN2O2S/c1-9-13(10(2)20)22-15(18-9)19-14(21)16(3,4)11-6-5-7-12(17)8-11/h5-8H,1-4H3,(H,18,19,21). The van der Waals surface area contributed by atoms with Crippen molar-refractivity contribution in [3.63, 3.8) is 0 Å². The maximum Gasteiger partial charge on any atom is 0.236 e. The minimum atomic E-state index is -0.763. The van der Waals surface area contributed by atoms with Gasteiger partial charge in [0.1, 0.15) is 0 Å². The largest absolute Gasteiger partial charge is 0.301 e. The maximum atomic E-state index is 12.6. The number of aryl methyl sites for hydroxylation is 1. The number of thiazole rings is 1. The first-order valence-corrected chi connectivity index (χ1v) is 7.97. The van der Waals surface area contributed by atoms with Crippen molar-refractivity contribution in [2.45, 2.75) is 33.1 Å². The fourth-order valence-corrected chi connectivity index (χ4v) is 3.09. The molecule has 0 fully saturated rings. The summed E-state index contributed by atoms with van der Waals surface area (Å²) in [4.78, 5) is 28.8. The van der Waals surface area contributed by atoms with Gasteiger partial charge in [0.05, 0.1) is 16.0 Å². The molecule has 2 aromatic rings. The van der Waals surface area contributed by atoms with Gasteiger partial charge < -0.3 is 5.32 Å². The minimum absolute atomic E-state index is 0.0513. The van der Waals surface area contributed by atoms with Crippen LogP contribution in [0.15, 0.2) is 24.3 Å². The summed E-state index contributed by atoms with van der Waals surface area (Å²) in [5, 5.41) is 3.81. The number of Topliss-reactive ketones (excluding diaryl/α,β-unsaturated/α-hetero) is 1. The van der Waals surface area contributed by atoms with Crippen LogP contribution in [-0.4, -0.2) is 16.7 Å². The van der Waals surface area contributed by atoms with E-state index in [-0.39, 0.29) is 11.7 Å². The highest BCUT2D eigenvalue weighted by Crippen LogP contribution is 2.29. The number of nitrogens with zero attached hydrogens (tertiary/aromatic N) is 1. The van der Waals surface area contributed by atoms with Crippen LogP contribution >= 0.6 is 22.9 Å². The summed E-state index contributed by atoms with van der Waals surface area (Å²) in [5.74, 6) is -0.247. The van der Waals surface area contributed by atoms with Crippen LogP contribution in [-0.2, 0) is 10.2 Å². The van der Waals surface area contributed by atoms with Crippen molar-refractivity contribution in [3.05, 3.63) is 45.4 Å². The minimum Gasteiger partial charge on any atom is -0.301 e. The van der Waals surface area contributed by atoms with Crippen LogP contribution in [0.5, 0.6) is 0 Å². The van der Waals surface area contributed by atoms with Gasteiger partial charge in [0, 0.05) is 11.9 Å². The number of anilines is 1. The molecule has 1 aromatic heterocycles. The van der Waals surface area contributed by atoms with Crippen LogP contribution in [0.1, 0.15) is 41.7 Å². The molecule has 6 heteroatoms. The number of hydrogen-bond donors (Lipinski definition) is 1. The average molecular weight is 337 g/mol. The van der Waals surface area contributed by atoms with Gasteiger partial charge in [-0.1, -0.05) is 35.1 Å². The molecule has 4 nitrogen and oxygen atoms in total. The molecule has 1 amide bonds. The van der Waals surface area contributed by atoms with Crippen molar-refractivity contribution in [2.75, 3.05) is 5.32 Å². The van der Waals surface area contributed by atoms with E-state index >= 15 is 0 Å². The average Bonchev–Trinajstić information content (AvgIpc) is 2.79. The van der Waals surface area contributed by atoms with Crippen LogP contribution in [0.3, 0.4) is 0 Å². The van der Waals surface area contributed by atoms with E-state index in [0.29, 0.717) is 20.7 Å². The van der Waals surface area contributed by atoms with Gasteiger partial charge in [0.15, 0.2) is 10.9 Å². The first kappa shape index (κ1) is 16.6. The van der Waals surface area contributed by atoms with Crippen LogP contribution in [0, 0.1) is 6.92 Å². The lowest BCUT2D eigenvalue weighted by molar-refractivity contribution is -0.120. The molecular weight excluding hydrogens is 320 g/mol. The summed E-state index contributed by atoms with van der Waals surface area (Å²) in [6.45, 7) is 6.88. The van der Waals surface area contributed by atoms with Crippen molar-refractivity contribution in [2.24, 2.45) is 0 Å². The third kappa shape index (κ3) is 3.36. The molecule has 116 valence electrons. The molecule has 0 aliphatic carbocycles. The Morgan fingerprint density at radius 3 is 2.55 bits per heavy atom. The third-order valence-electron chi connectivity index (χ3n) is 3.45. The highest BCUT2D eigenvalue weighted by Gasteiger charge is 2.31. The number of benzene rings is 1. The molecule has 0 saturated heterocycles. The normalized spacial score (nSPS) is 11.3. The molecule has 22 heavy (non-hydrogen) atoms. The second kappa shape index (κ2) is 6.18. The number of carbonyl (C=O) groups is 2. The zero-order valence-electron chi connectivity index (χ0n) is 12.9. The lowest BCUT2D eigenvalue weighted by atomic mass is 9.84. The predicted molar refractivity (Wildman–Crippen MR) is 90.0 cm³/mol. The van der Waals surface area contributed by atoms with Crippen LogP contribution in [0.2, 0.25) is 5.02 Å². The van der Waals surface area contributed by atoms with Crippen LogP contribution < -0.4 is 5.32 Å². The molecule has 0 unspecified atom stereocenters. The van der Waals surface area contributed by atoms with Gasteiger partial charge in [-0.05, 0) is 38.5 Å². The fourth-order valence-electron chi connectivity index (χ4n) is 2.04. The van der Waals surface area contributed by atoms with Gasteiger partial charge in [-0.25, -0.2) is 4.98 Å². The van der Waals surface area contributed by atoms with Crippen LogP contribution in [0.4, 0.5) is 5.13 Å². The molecule has 0 bridgehead atoms. The van der Waals surface area contributed by atoms with Crippen molar-refractivity contribution in [3.8, 4) is 0 Å². The molecule has 0 aliphatic heterocycles. The molecule has 0 radical (unpaired) electrons. The number of carbonyl (C=O) groups excluding carboxylic acids is 2. The van der Waals surface area contributed by atoms with E-state index in [1.54, 1.807) is 19.1 Å². The summed E-state index contributed by atoms with van der Waals surface area (Å²) in [7, 11) is 0. The molecule has 1 heterocycles. The Morgan fingerprint density at radius 2 is 2.00 bits per heavy atom. The Morgan fingerprint density at radius 1 is 1.32 bits per heavy atom. The first-order chi connectivity index (χ1) is 10.2. The van der Waals surface area contributed by atoms with E-state index in [4.69, 9.17) is 11.6 Å². The summed E-state index contributed by atoms with van der Waals surface area (Å²) in [6, 6.07) is 7.21. The smallest absolute Gasteiger partial charge is 0.236 e. The zero-order chi connectivity index (χ0) is 16.5. The molecule has 0 aliphatic rings. The Kier molecular flexibility index (Phi) is 4.68. The van der Waals surface area contributed by atoms with E-state index in [9.17, 15) is 9.59 Å². The quantitative estimate of drug-likeness (QED) is 0.850. The number of rotatable bonds is 4. The molecule has 0 atom stereocenters. The predicted octanol–water partition coefficient (Wildman–Crippen LogP) is 4.22. The van der Waals surface area contributed by atoms with E-state index in [2.05, 4.69) is 10.3 Å². The molecule has 1 N–H and O–H groups in total. The molecular formula is C16H17ClN2O2S. The van der Waals surface area contributed by atoms with E-state index in [1.165, 1.54) is 18.3 Å². The summed E-state index contributed by atoms with van der Waals surface area (Å²) in [6.07, 6.45) is 0. The topological polar surface area (TPSA) is 59.1 Å². The number of aromatic nitrogens is 1. The van der Waals surface area contributed by atoms with E-state index in [0.717, 1.165) is 5.56 Å². The van der Waals surface area contributed by atoms with Crippen molar-refractivity contribution in [1.29, 1.82) is 0 Å². The van der Waals surface area contributed by atoms with Crippen molar-refractivity contribution < 1.29 is 9.59 Å². The number of hydrogen-bond acceptors (Lipinski definition) is 4. The second-order valence-corrected chi connectivity index (χ2v) is 7.01. The van der Waals surface area contributed by atoms with Crippen molar-refractivity contribution >= 4 is 39.8 Å². The Labute approximate surface area is 138 Å². The Balaban J connectivity index is 2.24. The van der Waals surface area contributed by atoms with Gasteiger partial charge in [-0.3, -0.25) is 9.59 Å². The van der Waals surface area contributed by atoms with E-state index < -0.39 is 5.41 Å². The summed E-state index contributed by atoms with van der Waals surface area (Å²) >= 11 is 7.19. The number of amides is 1. The van der Waals surface area contributed by atoms with Gasteiger partial charge >= 0.3 is 0 Å². The molecule has 1 aromatic carbocycles. The van der Waals surface area contributed by atoms with Gasteiger partial charge in [-0.2, -0.15) is 0 Å². The van der Waals surface area contributed by atoms with E-state index in [1.807, 2.05) is 26.0 Å². The maximum absolute atomic E-state index is 12.6. The highest BCUT2D eigenvalue weighted by atomic mass is 35.5.